The van der Waals surface area contributed by atoms with Crippen LogP contribution in [0.25, 0.3) is 0 Å². The Morgan fingerprint density at radius 2 is 0.705 bits per heavy atom. The van der Waals surface area contributed by atoms with E-state index in [0.717, 1.165) is 52.9 Å². The molecule has 0 aromatic heterocycles. The smallest absolute Gasteiger partial charge is 0.262 e. The minimum Gasteiger partial charge on any atom is -0.383 e. The number of amides is 12. The molecule has 0 spiro atoms. The quantitative estimate of drug-likeness (QED) is 0.0394. The molecule has 3 saturated heterocycles. The largest absolute Gasteiger partial charge is 0.383 e. The molecule has 0 radical (unpaired) electrons. The predicted molar refractivity (Wildman–Crippen MR) is 310 cm³/mol. The van der Waals surface area contributed by atoms with E-state index in [1.807, 2.05) is 6.92 Å². The first-order valence-corrected chi connectivity index (χ1v) is 29.0. The number of anilines is 2. The maximum Gasteiger partial charge on any atom is 0.262 e. The lowest BCUT2D eigenvalue weighted by molar-refractivity contribution is -0.137. The second-order valence-electron chi connectivity index (χ2n) is 20.2. The van der Waals surface area contributed by atoms with Crippen LogP contribution < -0.4 is 38.1 Å². The number of carbonyl (C=O) groups is 12. The predicted octanol–water partition coefficient (Wildman–Crippen LogP) is 1.05. The Labute approximate surface area is 506 Å². The third-order valence-corrected chi connectivity index (χ3v) is 13.8. The lowest BCUT2D eigenvalue weighted by Crippen LogP contribution is -2.54. The van der Waals surface area contributed by atoms with Crippen LogP contribution in [0.15, 0.2) is 54.6 Å². The number of hydrogen-bond acceptors (Lipinski definition) is 22. The summed E-state index contributed by atoms with van der Waals surface area (Å²) in [6.45, 7) is 13.2. The molecule has 3 atom stereocenters. The van der Waals surface area contributed by atoms with Crippen LogP contribution in [0.2, 0.25) is 0 Å². The third kappa shape index (κ3) is 18.6. The molecular formula is C59H75FN10O18. The molecule has 6 aliphatic heterocycles. The second kappa shape index (κ2) is 34.9. The number of carbonyl (C=O) groups excluding carboxylic acids is 12. The van der Waals surface area contributed by atoms with Crippen molar-refractivity contribution in [1.82, 2.24) is 30.7 Å². The topological polar surface area (TPSA) is 382 Å². The average molecular weight is 1230 g/mol. The van der Waals surface area contributed by atoms with Crippen LogP contribution in [-0.2, 0) is 57.2 Å². The maximum atomic E-state index is 13.2. The van der Waals surface area contributed by atoms with Crippen LogP contribution >= 0.6 is 0 Å². The molecule has 3 fully saturated rings. The van der Waals surface area contributed by atoms with Crippen molar-refractivity contribution in [2.24, 2.45) is 11.5 Å². The molecular weight excluding hydrogens is 1160 g/mol. The van der Waals surface area contributed by atoms with Crippen molar-refractivity contribution in [3.05, 3.63) is 93.8 Å². The first kappa shape index (κ1) is 68.8. The van der Waals surface area contributed by atoms with Crippen molar-refractivity contribution in [3.8, 4) is 0 Å². The Morgan fingerprint density at radius 3 is 1.02 bits per heavy atom. The number of nitrogens with one attached hydrogen (secondary N) is 5. The summed E-state index contributed by atoms with van der Waals surface area (Å²) in [5.41, 5.74) is 12.9. The van der Waals surface area contributed by atoms with Gasteiger partial charge in [-0.25, -0.2) is 4.39 Å². The van der Waals surface area contributed by atoms with Gasteiger partial charge in [0.15, 0.2) is 0 Å². The zero-order chi connectivity index (χ0) is 63.7. The summed E-state index contributed by atoms with van der Waals surface area (Å²) in [7, 11) is 0. The van der Waals surface area contributed by atoms with Gasteiger partial charge in [-0.15, -0.1) is 0 Å². The van der Waals surface area contributed by atoms with Gasteiger partial charge in [0.05, 0.1) is 99.4 Å². The first-order valence-electron chi connectivity index (χ1n) is 29.0. The number of nitrogens with two attached hydrogens (primary N) is 2. The summed E-state index contributed by atoms with van der Waals surface area (Å²) in [6.07, 6.45) is 2.64. The van der Waals surface area contributed by atoms with Crippen LogP contribution in [0.5, 0.6) is 0 Å². The van der Waals surface area contributed by atoms with Gasteiger partial charge in [0.1, 0.15) is 23.9 Å². The second-order valence-corrected chi connectivity index (χ2v) is 20.2. The molecule has 6 heterocycles. The molecule has 28 nitrogen and oxygen atoms in total. The highest BCUT2D eigenvalue weighted by molar-refractivity contribution is 6.25. The maximum absolute atomic E-state index is 13.2. The minimum atomic E-state index is -1.02. The van der Waals surface area contributed by atoms with Gasteiger partial charge >= 0.3 is 0 Å². The zero-order valence-electron chi connectivity index (χ0n) is 49.1. The van der Waals surface area contributed by atoms with E-state index in [2.05, 4.69) is 33.5 Å². The normalized spacial score (nSPS) is 18.6. The Kier molecular flexibility index (Phi) is 27.3. The number of ether oxygens (including phenoxy) is 6. The molecule has 9 N–H and O–H groups in total. The molecule has 12 amide bonds. The van der Waals surface area contributed by atoms with Crippen molar-refractivity contribution in [1.29, 1.82) is 0 Å². The number of piperidine rings is 3. The Morgan fingerprint density at radius 1 is 0.409 bits per heavy atom. The lowest BCUT2D eigenvalue weighted by Gasteiger charge is -2.27. The van der Waals surface area contributed by atoms with E-state index in [-0.39, 0.29) is 71.9 Å². The summed E-state index contributed by atoms with van der Waals surface area (Å²) in [5, 5.41) is 12.7. The fraction of sp³-hybridized carbons (Fsp3) is 0.492. The Bertz CT molecular complexity index is 2910. The van der Waals surface area contributed by atoms with E-state index in [1.165, 1.54) is 6.07 Å². The molecule has 476 valence electrons. The molecule has 6 aliphatic rings. The van der Waals surface area contributed by atoms with E-state index in [4.69, 9.17) is 39.9 Å². The highest BCUT2D eigenvalue weighted by Crippen LogP contribution is 2.32. The van der Waals surface area contributed by atoms with Crippen LogP contribution in [0.1, 0.15) is 127 Å². The van der Waals surface area contributed by atoms with Crippen molar-refractivity contribution in [2.45, 2.75) is 83.3 Å². The van der Waals surface area contributed by atoms with Crippen LogP contribution in [-0.4, -0.2) is 209 Å². The number of hydrogen-bond donors (Lipinski definition) is 7. The van der Waals surface area contributed by atoms with Gasteiger partial charge in [-0.2, -0.15) is 0 Å². The Balaban J connectivity index is 0.000000198. The Hall–Kier alpha value is -8.29. The fourth-order valence-electron chi connectivity index (χ4n) is 9.56. The van der Waals surface area contributed by atoms with Crippen molar-refractivity contribution < 1.29 is 90.3 Å². The third-order valence-electron chi connectivity index (χ3n) is 13.8. The van der Waals surface area contributed by atoms with Crippen LogP contribution in [0.4, 0.5) is 15.8 Å². The molecule has 3 unspecified atom stereocenters. The number of fused-ring (bicyclic) bond motifs is 3. The fourth-order valence-corrected chi connectivity index (χ4v) is 9.56. The zero-order valence-corrected chi connectivity index (χ0v) is 49.1. The number of rotatable bonds is 28. The van der Waals surface area contributed by atoms with Gasteiger partial charge in [-0.05, 0) is 86.7 Å². The van der Waals surface area contributed by atoms with Crippen molar-refractivity contribution >= 4 is 82.3 Å². The van der Waals surface area contributed by atoms with E-state index >= 15 is 0 Å². The van der Waals surface area contributed by atoms with E-state index < -0.39 is 94.8 Å². The lowest BCUT2D eigenvalue weighted by atomic mass is 10.0. The van der Waals surface area contributed by atoms with Gasteiger partial charge in [0.25, 0.3) is 35.4 Å². The van der Waals surface area contributed by atoms with Crippen molar-refractivity contribution in [3.63, 3.8) is 0 Å². The van der Waals surface area contributed by atoms with Gasteiger partial charge in [0, 0.05) is 70.0 Å². The molecule has 88 heavy (non-hydrogen) atoms. The first-order chi connectivity index (χ1) is 42.4. The average Bonchev–Trinajstić information content (AvgIpc) is 2.86. The summed E-state index contributed by atoms with van der Waals surface area (Å²) < 4.78 is 44.8. The molecule has 0 saturated carbocycles. The van der Waals surface area contributed by atoms with E-state index in [0.29, 0.717) is 104 Å². The minimum absolute atomic E-state index is 0.0537. The summed E-state index contributed by atoms with van der Waals surface area (Å²) in [6, 6.07) is 10.1. The summed E-state index contributed by atoms with van der Waals surface area (Å²) in [5.74, 6) is -7.22. The van der Waals surface area contributed by atoms with E-state index in [1.54, 1.807) is 36.4 Å². The summed E-state index contributed by atoms with van der Waals surface area (Å²) >= 11 is 0. The monoisotopic (exact) mass is 1230 g/mol. The SMILES string of the molecule is CCCOCCOCCN.CCCOCCOCCNc1ccc2c(c1)C(=O)N(C1CCC(=O)NC1=O)C2=O.NCCOCCOCCNc1ccc2c(c1)C(=O)N(C1CCC(=O)NC1=O)C2=O.O=C1CCC(N2C(=O)c3ccc(F)cc3C2=O)C(=O)N1. The van der Waals surface area contributed by atoms with Gasteiger partial charge in [0.2, 0.25) is 35.4 Å². The standard InChI is InChI=1S/C20H25N3O6.C19H24N4O6.C13H9FN2O4.C7H17NO2/c1-2-8-28-10-11-29-9-7-21-13-3-4-14-15(12-13)20(27)23(19(14)26)16-5-6-17(24)22-18(16)25;20-5-7-28-9-10-29-8-6-21-12-1-2-13-14(11-12)19(27)23(18(13)26)15-3-4-16(24)22-17(15)25;14-6-1-2-7-8(5-6)13(20)16(12(7)19)9-3-4-10(17)15-11(9)18;1-2-4-9-6-7-10-5-3-8/h3-4,12,16,21H,2,5-11H2,1H3,(H,22,24,25);1-2,11,15,21H,3-10,20H2,(H,22,24,25);1-2,5,9H,3-4H2,(H,15,17,18);2-8H2,1H3. The van der Waals surface area contributed by atoms with Gasteiger partial charge in [-0.1, -0.05) is 13.8 Å². The van der Waals surface area contributed by atoms with Gasteiger partial charge < -0.3 is 50.5 Å². The highest BCUT2D eigenvalue weighted by atomic mass is 19.1. The molecule has 29 heteroatoms. The number of benzene rings is 3. The molecule has 0 bridgehead atoms. The van der Waals surface area contributed by atoms with E-state index in [9.17, 15) is 61.9 Å². The van der Waals surface area contributed by atoms with Gasteiger partial charge in [-0.3, -0.25) is 88.2 Å². The molecule has 0 aliphatic carbocycles. The van der Waals surface area contributed by atoms with Crippen LogP contribution in [0, 0.1) is 5.82 Å². The number of halogens is 1. The molecule has 3 aromatic carbocycles. The molecule has 3 aromatic rings. The number of nitrogens with zero attached hydrogens (tertiary/aromatic N) is 3. The summed E-state index contributed by atoms with van der Waals surface area (Å²) in [4.78, 5) is 147. The van der Waals surface area contributed by atoms with Crippen molar-refractivity contribution in [2.75, 3.05) is 116 Å². The number of imide groups is 6. The highest BCUT2D eigenvalue weighted by Gasteiger charge is 2.47. The molecule has 9 rings (SSSR count). The van der Waals surface area contributed by atoms with Crippen LogP contribution in [0.3, 0.4) is 0 Å².